The third-order valence-corrected chi connectivity index (χ3v) is 6.63. The molecule has 254 valence electrons. The van der Waals surface area contributed by atoms with Crippen LogP contribution in [0.25, 0.3) is 0 Å². The van der Waals surface area contributed by atoms with E-state index in [9.17, 15) is 33.9 Å². The number of aromatic nitrogens is 3. The smallest absolute Gasteiger partial charge is 0.543 e. The maximum absolute atomic E-state index is 12.1. The number of nitrogens with zero attached hydrogens (tertiary/aromatic N) is 5. The van der Waals surface area contributed by atoms with Crippen LogP contribution in [0.4, 0.5) is 0 Å². The van der Waals surface area contributed by atoms with Crippen molar-refractivity contribution in [3.05, 3.63) is 88.8 Å². The van der Waals surface area contributed by atoms with E-state index in [4.69, 9.17) is 14.6 Å². The minimum atomic E-state index is -1.35. The Morgan fingerprint density at radius 2 is 0.980 bits per heavy atom. The molecule has 18 heteroatoms. The average Bonchev–Trinajstić information content (AvgIpc) is 3.15. The van der Waals surface area contributed by atoms with Crippen molar-refractivity contribution in [3.63, 3.8) is 0 Å². The van der Waals surface area contributed by atoms with E-state index in [-0.39, 0.29) is 53.3 Å². The standard InChI is InChI=1S/C12H14N2O4.C11H12N2O4.C8H7NO4.Li/c1-17-12(16)10-3-2-9(8-13-10)11(15)14-4-6-18-7-5-14;14-10(13-3-5-17-6-4-13)8-1-2-9(11(15)16)12-7-8;1-13-8(12)6-3-2-5(4-9-6)7(10)11;/h2-3,8H,4-7H2,1H3;1-2,7H,3-6H2,(H,15,16);2-4H,1H3,(H,10,11);/q;;;+1/p-1. The third kappa shape index (κ3) is 12.1. The Morgan fingerprint density at radius 3 is 1.27 bits per heavy atom. The van der Waals surface area contributed by atoms with Gasteiger partial charge in [-0.15, -0.1) is 0 Å². The summed E-state index contributed by atoms with van der Waals surface area (Å²) in [6.45, 7) is 4.41. The fourth-order valence-electron chi connectivity index (χ4n) is 4.03. The maximum Gasteiger partial charge on any atom is 1.00 e. The summed E-state index contributed by atoms with van der Waals surface area (Å²) in [6.07, 6.45) is 3.75. The molecule has 2 aliphatic rings. The zero-order chi connectivity index (χ0) is 35.1. The summed E-state index contributed by atoms with van der Waals surface area (Å²) in [6, 6.07) is 8.37. The van der Waals surface area contributed by atoms with Crippen LogP contribution in [0.2, 0.25) is 0 Å². The van der Waals surface area contributed by atoms with Gasteiger partial charge in [-0.1, -0.05) is 0 Å². The third-order valence-electron chi connectivity index (χ3n) is 6.63. The van der Waals surface area contributed by atoms with Gasteiger partial charge in [0.25, 0.3) is 11.8 Å². The second kappa shape index (κ2) is 20.2. The van der Waals surface area contributed by atoms with Crippen molar-refractivity contribution >= 4 is 35.7 Å². The molecule has 17 nitrogen and oxygen atoms in total. The number of carbonyl (C=O) groups excluding carboxylic acids is 5. The van der Waals surface area contributed by atoms with Crippen LogP contribution < -0.4 is 24.0 Å². The van der Waals surface area contributed by atoms with Gasteiger partial charge >= 0.3 is 36.8 Å². The molecule has 5 rings (SSSR count). The van der Waals surface area contributed by atoms with E-state index in [1.165, 1.54) is 56.9 Å². The first-order chi connectivity index (χ1) is 23.0. The average molecular weight is 674 g/mol. The SMILES string of the molecule is COC(=O)c1ccc(C(=O)N2CCOCC2)cn1.COC(=O)c1ccc(C(=O)O)cn1.O=C([O-])c1ccc(C(=O)N2CCOCC2)cn1.[Li+]. The topological polar surface area (TPSA) is 228 Å². The monoisotopic (exact) mass is 673 g/mol. The molecule has 2 amide bonds. The minimum Gasteiger partial charge on any atom is -0.543 e. The molecule has 0 radical (unpaired) electrons. The number of rotatable bonds is 6. The van der Waals surface area contributed by atoms with E-state index in [0.29, 0.717) is 63.7 Å². The van der Waals surface area contributed by atoms with Crippen LogP contribution in [0.15, 0.2) is 55.0 Å². The number of hydrogen-bond acceptors (Lipinski definition) is 14. The minimum absolute atomic E-state index is 0. The van der Waals surface area contributed by atoms with Crippen LogP contribution >= 0.6 is 0 Å². The van der Waals surface area contributed by atoms with Gasteiger partial charge in [-0.2, -0.15) is 0 Å². The van der Waals surface area contributed by atoms with Crippen LogP contribution in [-0.4, -0.2) is 132 Å². The molecule has 49 heavy (non-hydrogen) atoms. The fourth-order valence-corrected chi connectivity index (χ4v) is 4.03. The number of aromatic carboxylic acids is 2. The molecule has 0 aromatic carbocycles. The number of carboxylic acid groups (broad SMARTS) is 2. The number of amides is 2. The number of pyridine rings is 3. The van der Waals surface area contributed by atoms with E-state index < -0.39 is 23.9 Å². The van der Waals surface area contributed by atoms with Gasteiger partial charge < -0.3 is 43.8 Å². The molecule has 2 aliphatic heterocycles. The van der Waals surface area contributed by atoms with Gasteiger partial charge in [0.2, 0.25) is 0 Å². The van der Waals surface area contributed by atoms with Crippen molar-refractivity contribution in [2.24, 2.45) is 0 Å². The predicted molar refractivity (Wildman–Crippen MR) is 160 cm³/mol. The molecule has 0 unspecified atom stereocenters. The van der Waals surface area contributed by atoms with Crippen molar-refractivity contribution in [1.29, 1.82) is 0 Å². The predicted octanol–water partition coefficient (Wildman–Crippen LogP) is -3.17. The molecule has 2 fully saturated rings. The Bertz CT molecular complexity index is 1580. The van der Waals surface area contributed by atoms with E-state index in [0.717, 1.165) is 6.20 Å². The molecule has 3 aromatic rings. The van der Waals surface area contributed by atoms with Gasteiger partial charge in [0.1, 0.15) is 11.4 Å². The second-order valence-electron chi connectivity index (χ2n) is 9.68. The van der Waals surface area contributed by atoms with Crippen LogP contribution in [-0.2, 0) is 18.9 Å². The summed E-state index contributed by atoms with van der Waals surface area (Å²) in [5.41, 5.74) is 0.973. The van der Waals surface area contributed by atoms with E-state index >= 15 is 0 Å². The van der Waals surface area contributed by atoms with E-state index in [1.54, 1.807) is 15.9 Å². The Labute approximate surface area is 292 Å². The van der Waals surface area contributed by atoms with Gasteiger partial charge in [-0.3, -0.25) is 14.6 Å². The van der Waals surface area contributed by atoms with Crippen LogP contribution in [0, 0.1) is 0 Å². The number of carboxylic acids is 2. The molecule has 3 aromatic heterocycles. The Balaban J connectivity index is 0.000000256. The van der Waals surface area contributed by atoms with Crippen molar-refractivity contribution in [1.82, 2.24) is 24.8 Å². The van der Waals surface area contributed by atoms with Crippen molar-refractivity contribution < 1.29 is 76.8 Å². The molecule has 0 bridgehead atoms. The van der Waals surface area contributed by atoms with Gasteiger partial charge in [0.15, 0.2) is 0 Å². The Hall–Kier alpha value is -5.21. The molecular weight excluding hydrogens is 641 g/mol. The maximum atomic E-state index is 12.1. The van der Waals surface area contributed by atoms with E-state index in [1.807, 2.05) is 0 Å². The number of methoxy groups -OCH3 is 2. The summed E-state index contributed by atoms with van der Waals surface area (Å²) < 4.78 is 19.2. The first kappa shape index (κ1) is 40.0. The van der Waals surface area contributed by atoms with Crippen molar-refractivity contribution in [2.45, 2.75) is 0 Å². The van der Waals surface area contributed by atoms with Crippen LogP contribution in [0.3, 0.4) is 0 Å². The first-order valence-electron chi connectivity index (χ1n) is 14.3. The first-order valence-corrected chi connectivity index (χ1v) is 14.3. The summed E-state index contributed by atoms with van der Waals surface area (Å²) in [5.74, 6) is -3.79. The molecule has 0 atom stereocenters. The molecule has 0 spiro atoms. The number of hydrogen-bond donors (Lipinski definition) is 1. The molecular formula is C31H32LiN5O12. The van der Waals surface area contributed by atoms with Crippen molar-refractivity contribution in [2.75, 3.05) is 66.8 Å². The van der Waals surface area contributed by atoms with Crippen LogP contribution in [0.1, 0.15) is 62.5 Å². The Morgan fingerprint density at radius 1 is 0.633 bits per heavy atom. The molecule has 0 aliphatic carbocycles. The second-order valence-corrected chi connectivity index (χ2v) is 9.68. The number of morpholine rings is 2. The van der Waals surface area contributed by atoms with Gasteiger partial charge in [0, 0.05) is 44.8 Å². The molecule has 0 saturated carbocycles. The quantitative estimate of drug-likeness (QED) is 0.201. The van der Waals surface area contributed by atoms with Crippen LogP contribution in [0.5, 0.6) is 0 Å². The normalized spacial score (nSPS) is 13.5. The fraction of sp³-hybridized carbons (Fsp3) is 0.323. The zero-order valence-electron chi connectivity index (χ0n) is 27.0. The number of carbonyl (C=O) groups is 6. The molecule has 1 N–H and O–H groups in total. The summed E-state index contributed by atoms with van der Waals surface area (Å²) in [5, 5.41) is 19.0. The zero-order valence-corrected chi connectivity index (χ0v) is 27.0. The van der Waals surface area contributed by atoms with Gasteiger partial charge in [-0.25, -0.2) is 24.4 Å². The Kier molecular flexibility index (Phi) is 16.5. The molecule has 2 saturated heterocycles. The van der Waals surface area contributed by atoms with Gasteiger partial charge in [0.05, 0.1) is 69.0 Å². The summed E-state index contributed by atoms with van der Waals surface area (Å²) in [4.78, 5) is 81.5. The van der Waals surface area contributed by atoms with Gasteiger partial charge in [-0.05, 0) is 36.4 Å². The molecule has 5 heterocycles. The van der Waals surface area contributed by atoms with E-state index in [2.05, 4.69) is 24.4 Å². The largest absolute Gasteiger partial charge is 1.00 e. The summed E-state index contributed by atoms with van der Waals surface area (Å²) >= 11 is 0. The number of esters is 2. The van der Waals surface area contributed by atoms with Crippen molar-refractivity contribution in [3.8, 4) is 0 Å². The number of ether oxygens (including phenoxy) is 4. The summed E-state index contributed by atoms with van der Waals surface area (Å²) in [7, 11) is 2.52.